The largest absolute Gasteiger partial charge is 0.217 e. The first kappa shape index (κ1) is 14.5. The molecule has 0 unspecified atom stereocenters. The van der Waals surface area contributed by atoms with Crippen LogP contribution in [0.5, 0.6) is 0 Å². The highest BCUT2D eigenvalue weighted by molar-refractivity contribution is 7.88. The zero-order chi connectivity index (χ0) is 14.6. The first-order chi connectivity index (χ1) is 9.50. The monoisotopic (exact) mass is 289 g/mol. The highest BCUT2D eigenvalue weighted by atomic mass is 32.2. The van der Waals surface area contributed by atoms with Crippen molar-refractivity contribution < 1.29 is 8.42 Å². The number of hydrogen-bond acceptors (Lipinski definition) is 4. The number of hydrogen-bond donors (Lipinski definition) is 1. The molecule has 1 fully saturated rings. The Morgan fingerprint density at radius 2 is 1.85 bits per heavy atom. The molecule has 1 aliphatic carbocycles. The van der Waals surface area contributed by atoms with Gasteiger partial charge >= 0.3 is 0 Å². The van der Waals surface area contributed by atoms with Crippen LogP contribution < -0.4 is 4.72 Å². The van der Waals surface area contributed by atoms with Crippen LogP contribution in [-0.4, -0.2) is 14.0 Å². The zero-order valence-electron chi connectivity index (χ0n) is 11.0. The fourth-order valence-corrected chi connectivity index (χ4v) is 4.09. The van der Waals surface area contributed by atoms with Gasteiger partial charge < -0.3 is 0 Å². The first-order valence-electron chi connectivity index (χ1n) is 6.41. The number of nitrogens with zero attached hydrogens (tertiary/aromatic N) is 2. The second kappa shape index (κ2) is 5.62. The van der Waals surface area contributed by atoms with E-state index in [1.54, 1.807) is 24.3 Å². The van der Waals surface area contributed by atoms with E-state index in [2.05, 4.69) is 10.8 Å². The van der Waals surface area contributed by atoms with E-state index in [1.807, 2.05) is 6.07 Å². The molecule has 0 aliphatic heterocycles. The Hall–Kier alpha value is -1.89. The summed E-state index contributed by atoms with van der Waals surface area (Å²) in [5.41, 5.74) is -0.177. The summed E-state index contributed by atoms with van der Waals surface area (Å²) in [5, 5.41) is 18.2. The molecule has 20 heavy (non-hydrogen) atoms. The number of nitriles is 2. The van der Waals surface area contributed by atoms with Crippen LogP contribution in [0.15, 0.2) is 24.3 Å². The number of benzene rings is 1. The van der Waals surface area contributed by atoms with E-state index < -0.39 is 15.6 Å². The van der Waals surface area contributed by atoms with Crippen molar-refractivity contribution in [3.8, 4) is 12.1 Å². The third-order valence-electron chi connectivity index (χ3n) is 3.51. The van der Waals surface area contributed by atoms with Crippen molar-refractivity contribution in [3.63, 3.8) is 0 Å². The van der Waals surface area contributed by atoms with Gasteiger partial charge in [-0.3, -0.25) is 0 Å². The second-order valence-corrected chi connectivity index (χ2v) is 6.75. The van der Waals surface area contributed by atoms with Crippen LogP contribution in [0.25, 0.3) is 0 Å². The molecule has 1 aromatic rings. The Labute approximate surface area is 118 Å². The maximum atomic E-state index is 12.2. The molecule has 0 atom stereocenters. The van der Waals surface area contributed by atoms with Crippen molar-refractivity contribution in [3.05, 3.63) is 35.4 Å². The van der Waals surface area contributed by atoms with Crippen LogP contribution in [0.1, 0.15) is 36.8 Å². The molecule has 6 heteroatoms. The molecule has 0 spiro atoms. The molecule has 0 bridgehead atoms. The maximum Gasteiger partial charge on any atom is 0.217 e. The van der Waals surface area contributed by atoms with E-state index >= 15 is 0 Å². The number of nitrogens with one attached hydrogen (secondary N) is 1. The predicted molar refractivity (Wildman–Crippen MR) is 73.7 cm³/mol. The van der Waals surface area contributed by atoms with Crippen molar-refractivity contribution >= 4 is 10.0 Å². The van der Waals surface area contributed by atoms with Gasteiger partial charge in [0.2, 0.25) is 10.0 Å². The van der Waals surface area contributed by atoms with Crippen molar-refractivity contribution in [1.82, 2.24) is 4.72 Å². The normalized spacial score (nSPS) is 17.3. The molecular weight excluding hydrogens is 274 g/mol. The topological polar surface area (TPSA) is 93.8 Å². The van der Waals surface area contributed by atoms with Crippen molar-refractivity contribution in [1.29, 1.82) is 10.5 Å². The molecule has 1 N–H and O–H groups in total. The minimum Gasteiger partial charge on any atom is -0.212 e. The van der Waals surface area contributed by atoms with Crippen molar-refractivity contribution in [2.24, 2.45) is 0 Å². The van der Waals surface area contributed by atoms with E-state index in [4.69, 9.17) is 5.26 Å². The van der Waals surface area contributed by atoms with E-state index in [0.717, 1.165) is 12.8 Å². The quantitative estimate of drug-likeness (QED) is 0.914. The van der Waals surface area contributed by atoms with Crippen LogP contribution in [-0.2, 0) is 15.8 Å². The lowest BCUT2D eigenvalue weighted by Crippen LogP contribution is -2.45. The third kappa shape index (κ3) is 3.16. The Morgan fingerprint density at radius 3 is 2.45 bits per heavy atom. The molecule has 5 nitrogen and oxygen atoms in total. The van der Waals surface area contributed by atoms with Crippen LogP contribution in [0.3, 0.4) is 0 Å². The zero-order valence-corrected chi connectivity index (χ0v) is 11.8. The van der Waals surface area contributed by atoms with Gasteiger partial charge in [-0.15, -0.1) is 0 Å². The van der Waals surface area contributed by atoms with Crippen LogP contribution >= 0.6 is 0 Å². The summed E-state index contributed by atoms with van der Waals surface area (Å²) in [6.07, 6.45) is 2.79. The summed E-state index contributed by atoms with van der Waals surface area (Å²) >= 11 is 0. The fourth-order valence-electron chi connectivity index (χ4n) is 2.51. The van der Waals surface area contributed by atoms with Gasteiger partial charge in [-0.2, -0.15) is 15.2 Å². The average molecular weight is 289 g/mol. The van der Waals surface area contributed by atoms with Crippen molar-refractivity contribution in [2.45, 2.75) is 37.0 Å². The lowest BCUT2D eigenvalue weighted by atomic mass is 10.0. The molecule has 2 rings (SSSR count). The second-order valence-electron chi connectivity index (χ2n) is 5.03. The van der Waals surface area contributed by atoms with Crippen LogP contribution in [0, 0.1) is 22.7 Å². The van der Waals surface area contributed by atoms with Gasteiger partial charge in [-0.1, -0.05) is 31.0 Å². The van der Waals surface area contributed by atoms with E-state index in [1.165, 1.54) is 0 Å². The molecular formula is C14H15N3O2S. The molecule has 0 radical (unpaired) electrons. The maximum absolute atomic E-state index is 12.2. The summed E-state index contributed by atoms with van der Waals surface area (Å²) in [4.78, 5) is 0. The number of sulfonamides is 1. The van der Waals surface area contributed by atoms with Gasteiger partial charge in [0.15, 0.2) is 0 Å². The van der Waals surface area contributed by atoms with Crippen LogP contribution in [0.4, 0.5) is 0 Å². The Kier molecular flexibility index (Phi) is 4.08. The van der Waals surface area contributed by atoms with Gasteiger partial charge in [0.05, 0.1) is 23.5 Å². The summed E-state index contributed by atoms with van der Waals surface area (Å²) in [6.45, 7) is 0. The lowest BCUT2D eigenvalue weighted by molar-refractivity contribution is 0.485. The highest BCUT2D eigenvalue weighted by Gasteiger charge is 2.37. The molecule has 1 saturated carbocycles. The molecule has 1 aliphatic rings. The van der Waals surface area contributed by atoms with Crippen LogP contribution in [0.2, 0.25) is 0 Å². The van der Waals surface area contributed by atoms with Gasteiger partial charge in [-0.05, 0) is 24.5 Å². The van der Waals surface area contributed by atoms with Gasteiger partial charge in [0, 0.05) is 0 Å². The minimum absolute atomic E-state index is 0.278. The molecule has 0 heterocycles. The molecule has 104 valence electrons. The van der Waals surface area contributed by atoms with E-state index in [0.29, 0.717) is 24.0 Å². The van der Waals surface area contributed by atoms with Gasteiger partial charge in [0.1, 0.15) is 5.54 Å². The number of rotatable bonds is 4. The van der Waals surface area contributed by atoms with E-state index in [9.17, 15) is 13.7 Å². The Morgan fingerprint density at radius 1 is 1.20 bits per heavy atom. The fraction of sp³-hybridized carbons (Fsp3) is 0.429. The summed E-state index contributed by atoms with van der Waals surface area (Å²) in [6, 6.07) is 10.7. The van der Waals surface area contributed by atoms with Crippen molar-refractivity contribution in [2.75, 3.05) is 0 Å². The standard InChI is InChI=1S/C14H15N3O2S/c15-9-12-5-1-2-6-13(12)10-20(18,19)17-14(11-16)7-3-4-8-14/h1-2,5-6,17H,3-4,7-8,10H2. The minimum atomic E-state index is -3.64. The Balaban J connectivity index is 2.20. The van der Waals surface area contributed by atoms with Gasteiger partial charge in [0.25, 0.3) is 0 Å². The highest BCUT2D eigenvalue weighted by Crippen LogP contribution is 2.30. The SMILES string of the molecule is N#Cc1ccccc1CS(=O)(=O)NC1(C#N)CCCC1. The Bertz CT molecular complexity index is 677. The third-order valence-corrected chi connectivity index (χ3v) is 4.90. The first-order valence-corrected chi connectivity index (χ1v) is 8.06. The summed E-state index contributed by atoms with van der Waals surface area (Å²) in [7, 11) is -3.64. The van der Waals surface area contributed by atoms with E-state index in [-0.39, 0.29) is 5.75 Å². The summed E-state index contributed by atoms with van der Waals surface area (Å²) in [5.74, 6) is -0.278. The molecule has 0 aromatic heterocycles. The lowest BCUT2D eigenvalue weighted by Gasteiger charge is -2.21. The molecule has 1 aromatic carbocycles. The smallest absolute Gasteiger partial charge is 0.212 e. The average Bonchev–Trinajstić information content (AvgIpc) is 2.87. The molecule has 0 amide bonds. The predicted octanol–water partition coefficient (Wildman–Crippen LogP) is 1.81. The van der Waals surface area contributed by atoms with Gasteiger partial charge in [-0.25, -0.2) is 8.42 Å². The summed E-state index contributed by atoms with van der Waals surface area (Å²) < 4.78 is 27.0. The molecule has 0 saturated heterocycles.